The van der Waals surface area contributed by atoms with Gasteiger partial charge < -0.3 is 10.2 Å². The molecule has 1 aromatic carbocycles. The lowest BCUT2D eigenvalue weighted by Gasteiger charge is -2.30. The van der Waals surface area contributed by atoms with Gasteiger partial charge in [-0.3, -0.25) is 0 Å². The molecular formula is C13H19BrN2. The summed E-state index contributed by atoms with van der Waals surface area (Å²) in [5.74, 6) is 0.783. The molecule has 1 fully saturated rings. The third kappa shape index (κ3) is 3.22. The van der Waals surface area contributed by atoms with Crippen LogP contribution in [0, 0.1) is 5.92 Å². The van der Waals surface area contributed by atoms with Crippen molar-refractivity contribution in [1.82, 2.24) is 4.90 Å². The summed E-state index contributed by atoms with van der Waals surface area (Å²) < 4.78 is 1.15. The summed E-state index contributed by atoms with van der Waals surface area (Å²) in [5.41, 5.74) is 1.20. The Morgan fingerprint density at radius 1 is 1.44 bits per heavy atom. The summed E-state index contributed by atoms with van der Waals surface area (Å²) in [5, 5.41) is 3.53. The lowest BCUT2D eigenvalue weighted by atomic mass is 9.98. The second kappa shape index (κ2) is 5.69. The average Bonchev–Trinajstić information content (AvgIpc) is 2.28. The number of benzene rings is 1. The molecule has 1 aliphatic rings. The number of nitrogens with one attached hydrogen (secondary N) is 1. The van der Waals surface area contributed by atoms with Gasteiger partial charge in [-0.15, -0.1) is 0 Å². The van der Waals surface area contributed by atoms with Crippen LogP contribution in [0.3, 0.4) is 0 Å². The van der Waals surface area contributed by atoms with Crippen molar-refractivity contribution in [3.8, 4) is 0 Å². The van der Waals surface area contributed by atoms with Gasteiger partial charge in [-0.25, -0.2) is 0 Å². The zero-order valence-corrected chi connectivity index (χ0v) is 11.3. The fourth-order valence-electron chi connectivity index (χ4n) is 2.30. The molecule has 0 saturated carbocycles. The van der Waals surface area contributed by atoms with Crippen LogP contribution < -0.4 is 5.32 Å². The molecule has 1 atom stereocenters. The number of piperidine rings is 1. The highest BCUT2D eigenvalue weighted by Crippen LogP contribution is 2.22. The van der Waals surface area contributed by atoms with Gasteiger partial charge in [0.1, 0.15) is 0 Å². The number of anilines is 1. The summed E-state index contributed by atoms with van der Waals surface area (Å²) in [7, 11) is 2.21. The van der Waals surface area contributed by atoms with E-state index in [9.17, 15) is 0 Å². The van der Waals surface area contributed by atoms with Crippen molar-refractivity contribution in [2.45, 2.75) is 12.8 Å². The van der Waals surface area contributed by atoms with Gasteiger partial charge in [-0.05, 0) is 60.4 Å². The number of para-hydroxylation sites is 1. The van der Waals surface area contributed by atoms with E-state index < -0.39 is 0 Å². The minimum Gasteiger partial charge on any atom is -0.384 e. The number of likely N-dealkylation sites (tertiary alicyclic amines) is 1. The molecule has 1 N–H and O–H groups in total. The van der Waals surface area contributed by atoms with E-state index in [1.807, 2.05) is 6.07 Å². The highest BCUT2D eigenvalue weighted by Gasteiger charge is 2.16. The van der Waals surface area contributed by atoms with Crippen LogP contribution in [0.15, 0.2) is 28.7 Å². The third-order valence-electron chi connectivity index (χ3n) is 3.18. The average molecular weight is 283 g/mol. The Bertz CT molecular complexity index is 340. The fourth-order valence-corrected chi connectivity index (χ4v) is 2.72. The summed E-state index contributed by atoms with van der Waals surface area (Å²) in [4.78, 5) is 2.43. The Hall–Kier alpha value is -0.540. The van der Waals surface area contributed by atoms with Crippen LogP contribution in [-0.4, -0.2) is 31.6 Å². The summed E-state index contributed by atoms with van der Waals surface area (Å²) >= 11 is 3.56. The molecular weight excluding hydrogens is 264 g/mol. The Labute approximate surface area is 106 Å². The minimum absolute atomic E-state index is 0.783. The Balaban J connectivity index is 1.85. The van der Waals surface area contributed by atoms with Crippen LogP contribution in [0.1, 0.15) is 12.8 Å². The quantitative estimate of drug-likeness (QED) is 0.916. The standard InChI is InChI=1S/C13H19BrN2/c1-16-8-4-5-11(10-16)9-15-13-7-3-2-6-12(13)14/h2-3,6-7,11,15H,4-5,8-10H2,1H3. The fraction of sp³-hybridized carbons (Fsp3) is 0.538. The first kappa shape index (κ1) is 11.9. The molecule has 1 aromatic rings. The van der Waals surface area contributed by atoms with E-state index in [1.165, 1.54) is 31.6 Å². The van der Waals surface area contributed by atoms with Crippen molar-refractivity contribution >= 4 is 21.6 Å². The van der Waals surface area contributed by atoms with Crippen LogP contribution in [0.2, 0.25) is 0 Å². The van der Waals surface area contributed by atoms with E-state index >= 15 is 0 Å². The first-order valence-electron chi connectivity index (χ1n) is 5.92. The van der Waals surface area contributed by atoms with Gasteiger partial charge in [0.15, 0.2) is 0 Å². The van der Waals surface area contributed by atoms with Gasteiger partial charge >= 0.3 is 0 Å². The van der Waals surface area contributed by atoms with Gasteiger partial charge in [0.25, 0.3) is 0 Å². The third-order valence-corrected chi connectivity index (χ3v) is 3.87. The molecule has 16 heavy (non-hydrogen) atoms. The first-order chi connectivity index (χ1) is 7.75. The highest BCUT2D eigenvalue weighted by atomic mass is 79.9. The molecule has 2 rings (SSSR count). The summed E-state index contributed by atoms with van der Waals surface area (Å²) in [6, 6.07) is 8.32. The van der Waals surface area contributed by atoms with Crippen molar-refractivity contribution in [1.29, 1.82) is 0 Å². The van der Waals surface area contributed by atoms with E-state index in [0.29, 0.717) is 0 Å². The normalized spacial score (nSPS) is 22.0. The van der Waals surface area contributed by atoms with Crippen molar-refractivity contribution in [2.24, 2.45) is 5.92 Å². The summed E-state index contributed by atoms with van der Waals surface area (Å²) in [6.45, 7) is 3.55. The number of rotatable bonds is 3. The van der Waals surface area contributed by atoms with Gasteiger partial charge in [-0.2, -0.15) is 0 Å². The van der Waals surface area contributed by atoms with E-state index in [2.05, 4.69) is 51.4 Å². The van der Waals surface area contributed by atoms with Crippen molar-refractivity contribution in [2.75, 3.05) is 32.0 Å². The molecule has 1 unspecified atom stereocenters. The molecule has 0 radical (unpaired) electrons. The maximum Gasteiger partial charge on any atom is 0.0484 e. The number of hydrogen-bond acceptors (Lipinski definition) is 2. The first-order valence-corrected chi connectivity index (χ1v) is 6.72. The molecule has 88 valence electrons. The molecule has 3 heteroatoms. The Morgan fingerprint density at radius 2 is 2.25 bits per heavy atom. The Morgan fingerprint density at radius 3 is 3.00 bits per heavy atom. The lowest BCUT2D eigenvalue weighted by Crippen LogP contribution is -2.35. The number of hydrogen-bond donors (Lipinski definition) is 1. The predicted octanol–water partition coefficient (Wildman–Crippen LogP) is 3.20. The zero-order chi connectivity index (χ0) is 11.4. The monoisotopic (exact) mass is 282 g/mol. The van der Waals surface area contributed by atoms with Crippen molar-refractivity contribution < 1.29 is 0 Å². The van der Waals surface area contributed by atoms with Crippen LogP contribution in [0.5, 0.6) is 0 Å². The van der Waals surface area contributed by atoms with Crippen LogP contribution in [0.25, 0.3) is 0 Å². The molecule has 0 amide bonds. The molecule has 2 nitrogen and oxygen atoms in total. The smallest absolute Gasteiger partial charge is 0.0484 e. The second-order valence-electron chi connectivity index (χ2n) is 4.63. The maximum atomic E-state index is 3.56. The van der Waals surface area contributed by atoms with E-state index in [0.717, 1.165) is 16.9 Å². The topological polar surface area (TPSA) is 15.3 Å². The van der Waals surface area contributed by atoms with Crippen LogP contribution >= 0.6 is 15.9 Å². The van der Waals surface area contributed by atoms with Crippen molar-refractivity contribution in [3.63, 3.8) is 0 Å². The molecule has 1 saturated heterocycles. The maximum absolute atomic E-state index is 3.56. The van der Waals surface area contributed by atoms with Gasteiger partial charge in [0.2, 0.25) is 0 Å². The van der Waals surface area contributed by atoms with Crippen LogP contribution in [0.4, 0.5) is 5.69 Å². The summed E-state index contributed by atoms with van der Waals surface area (Å²) in [6.07, 6.45) is 2.68. The van der Waals surface area contributed by atoms with E-state index in [4.69, 9.17) is 0 Å². The van der Waals surface area contributed by atoms with E-state index in [-0.39, 0.29) is 0 Å². The largest absolute Gasteiger partial charge is 0.384 e. The molecule has 0 spiro atoms. The number of nitrogens with zero attached hydrogens (tertiary/aromatic N) is 1. The highest BCUT2D eigenvalue weighted by molar-refractivity contribution is 9.10. The molecule has 0 bridgehead atoms. The van der Waals surface area contributed by atoms with Crippen molar-refractivity contribution in [3.05, 3.63) is 28.7 Å². The second-order valence-corrected chi connectivity index (χ2v) is 5.49. The van der Waals surface area contributed by atoms with Crippen LogP contribution in [-0.2, 0) is 0 Å². The number of halogens is 1. The van der Waals surface area contributed by atoms with Gasteiger partial charge in [0, 0.05) is 23.2 Å². The molecule has 1 aliphatic heterocycles. The molecule has 0 aliphatic carbocycles. The van der Waals surface area contributed by atoms with E-state index in [1.54, 1.807) is 0 Å². The molecule has 1 heterocycles. The SMILES string of the molecule is CN1CCCC(CNc2ccccc2Br)C1. The van der Waals surface area contributed by atoms with Gasteiger partial charge in [0.05, 0.1) is 0 Å². The molecule has 0 aromatic heterocycles. The van der Waals surface area contributed by atoms with Gasteiger partial charge in [-0.1, -0.05) is 12.1 Å². The zero-order valence-electron chi connectivity index (χ0n) is 9.75. The Kier molecular flexibility index (Phi) is 4.24. The minimum atomic E-state index is 0.783. The predicted molar refractivity (Wildman–Crippen MR) is 72.9 cm³/mol. The lowest BCUT2D eigenvalue weighted by molar-refractivity contribution is 0.217.